The van der Waals surface area contributed by atoms with E-state index in [0.717, 1.165) is 16.6 Å². The average Bonchev–Trinajstić information content (AvgIpc) is 3.14. The van der Waals surface area contributed by atoms with Crippen LogP contribution in [0.1, 0.15) is 22.1 Å². The van der Waals surface area contributed by atoms with Gasteiger partial charge in [0.1, 0.15) is 6.04 Å². The smallest absolute Gasteiger partial charge is 0.254 e. The lowest BCUT2D eigenvalue weighted by Gasteiger charge is -2.33. The highest BCUT2D eigenvalue weighted by atomic mass is 16.2. The lowest BCUT2D eigenvalue weighted by molar-refractivity contribution is -0.124. The van der Waals surface area contributed by atoms with Gasteiger partial charge < -0.3 is 14.8 Å². The van der Waals surface area contributed by atoms with Gasteiger partial charge in [0.25, 0.3) is 5.91 Å². The van der Waals surface area contributed by atoms with E-state index in [4.69, 9.17) is 0 Å². The molecule has 0 fully saturated rings. The predicted molar refractivity (Wildman–Crippen MR) is 91.8 cm³/mol. The zero-order valence-electron chi connectivity index (χ0n) is 13.7. The number of hydrogen-bond acceptors (Lipinski definition) is 4. The zero-order valence-corrected chi connectivity index (χ0v) is 13.7. The Kier molecular flexibility index (Phi) is 3.68. The molecule has 0 spiro atoms. The second kappa shape index (κ2) is 6.01. The van der Waals surface area contributed by atoms with Crippen LogP contribution in [0.2, 0.25) is 0 Å². The van der Waals surface area contributed by atoms with Crippen LogP contribution >= 0.6 is 0 Å². The lowest BCUT2D eigenvalue weighted by atomic mass is 10.1. The summed E-state index contributed by atoms with van der Waals surface area (Å²) in [5, 5.41) is 3.57. The molecule has 1 aromatic carbocycles. The van der Waals surface area contributed by atoms with E-state index >= 15 is 0 Å². The van der Waals surface area contributed by atoms with E-state index in [1.807, 2.05) is 28.8 Å². The Balaban J connectivity index is 1.66. The number of pyridine rings is 1. The molecular weight excluding hydrogens is 318 g/mol. The Hall–Kier alpha value is -3.22. The van der Waals surface area contributed by atoms with Crippen molar-refractivity contribution in [1.82, 2.24) is 24.8 Å². The fraction of sp³-hybridized carbons (Fsp3) is 0.222. The first-order valence-corrected chi connectivity index (χ1v) is 8.04. The third-order valence-electron chi connectivity index (χ3n) is 4.51. The van der Waals surface area contributed by atoms with Crippen LogP contribution in [-0.4, -0.2) is 44.8 Å². The Morgan fingerprint density at radius 3 is 3.00 bits per heavy atom. The predicted octanol–water partition coefficient (Wildman–Crippen LogP) is 1.37. The largest absolute Gasteiger partial charge is 0.357 e. The first kappa shape index (κ1) is 15.3. The van der Waals surface area contributed by atoms with Crippen molar-refractivity contribution in [3.8, 4) is 0 Å². The summed E-state index contributed by atoms with van der Waals surface area (Å²) in [6, 6.07) is 8.76. The standard InChI is InChI=1S/C18H17N5O2/c1-19-17(24)16-10-22(9-14-8-20-11-23(14)16)18(25)13-4-5-15-12(7-13)3-2-6-21-15/h2-8,11,16H,9-10H2,1H3,(H,19,24)/t16-/m0/s1. The van der Waals surface area contributed by atoms with Gasteiger partial charge in [-0.25, -0.2) is 4.98 Å². The summed E-state index contributed by atoms with van der Waals surface area (Å²) in [5.41, 5.74) is 2.28. The minimum absolute atomic E-state index is 0.105. The molecular formula is C18H17N5O2. The second-order valence-corrected chi connectivity index (χ2v) is 6.02. The van der Waals surface area contributed by atoms with Crippen LogP contribution in [0.15, 0.2) is 49.1 Å². The first-order chi connectivity index (χ1) is 12.2. The van der Waals surface area contributed by atoms with E-state index in [9.17, 15) is 9.59 Å². The number of benzene rings is 1. The third kappa shape index (κ3) is 2.63. The molecule has 3 heterocycles. The second-order valence-electron chi connectivity index (χ2n) is 6.02. The molecule has 2 amide bonds. The molecule has 0 bridgehead atoms. The van der Waals surface area contributed by atoms with Crippen molar-refractivity contribution >= 4 is 22.7 Å². The molecule has 1 aliphatic heterocycles. The van der Waals surface area contributed by atoms with Crippen LogP contribution in [0.3, 0.4) is 0 Å². The van der Waals surface area contributed by atoms with Gasteiger partial charge in [0.15, 0.2) is 0 Å². The molecule has 126 valence electrons. The van der Waals surface area contributed by atoms with Gasteiger partial charge in [-0.2, -0.15) is 0 Å². The lowest BCUT2D eigenvalue weighted by Crippen LogP contribution is -2.45. The maximum atomic E-state index is 13.0. The number of amides is 2. The van der Waals surface area contributed by atoms with Crippen LogP contribution in [-0.2, 0) is 11.3 Å². The van der Waals surface area contributed by atoms with Gasteiger partial charge in [-0.15, -0.1) is 0 Å². The van der Waals surface area contributed by atoms with Crippen molar-refractivity contribution in [3.05, 3.63) is 60.3 Å². The molecule has 1 atom stereocenters. The number of nitrogens with zero attached hydrogens (tertiary/aromatic N) is 4. The molecule has 1 N–H and O–H groups in total. The van der Waals surface area contributed by atoms with E-state index in [1.54, 1.807) is 36.7 Å². The van der Waals surface area contributed by atoms with Gasteiger partial charge >= 0.3 is 0 Å². The third-order valence-corrected chi connectivity index (χ3v) is 4.51. The van der Waals surface area contributed by atoms with Gasteiger partial charge in [0.2, 0.25) is 5.91 Å². The molecule has 7 heteroatoms. The van der Waals surface area contributed by atoms with Crippen molar-refractivity contribution in [2.45, 2.75) is 12.6 Å². The van der Waals surface area contributed by atoms with Crippen molar-refractivity contribution in [2.75, 3.05) is 13.6 Å². The fourth-order valence-corrected chi connectivity index (χ4v) is 3.21. The summed E-state index contributed by atoms with van der Waals surface area (Å²) in [6.07, 6.45) is 5.06. The van der Waals surface area contributed by atoms with Crippen LogP contribution in [0.25, 0.3) is 10.9 Å². The summed E-state index contributed by atoms with van der Waals surface area (Å²) in [6.45, 7) is 0.740. The number of aromatic nitrogens is 3. The number of imidazole rings is 1. The number of rotatable bonds is 2. The van der Waals surface area contributed by atoms with E-state index in [1.165, 1.54) is 0 Å². The van der Waals surface area contributed by atoms with Gasteiger partial charge in [0.05, 0.1) is 30.6 Å². The molecule has 3 aromatic rings. The SMILES string of the molecule is CNC(=O)[C@@H]1CN(C(=O)c2ccc3ncccc3c2)Cc2cncn21. The highest BCUT2D eigenvalue weighted by Crippen LogP contribution is 2.23. The van der Waals surface area contributed by atoms with Gasteiger partial charge in [0, 0.05) is 30.4 Å². The summed E-state index contributed by atoms with van der Waals surface area (Å²) in [7, 11) is 1.59. The van der Waals surface area contributed by atoms with Crippen LogP contribution in [0.5, 0.6) is 0 Å². The maximum absolute atomic E-state index is 13.0. The molecule has 1 aliphatic rings. The molecule has 0 saturated carbocycles. The number of carbonyl (C=O) groups excluding carboxylic acids is 2. The van der Waals surface area contributed by atoms with E-state index < -0.39 is 6.04 Å². The molecule has 7 nitrogen and oxygen atoms in total. The number of nitrogens with one attached hydrogen (secondary N) is 1. The Morgan fingerprint density at radius 1 is 1.28 bits per heavy atom. The summed E-state index contributed by atoms with van der Waals surface area (Å²) in [5.74, 6) is -0.244. The number of hydrogen-bond donors (Lipinski definition) is 1. The monoisotopic (exact) mass is 335 g/mol. The molecule has 0 aliphatic carbocycles. The van der Waals surface area contributed by atoms with Crippen molar-refractivity contribution < 1.29 is 9.59 Å². The van der Waals surface area contributed by atoms with Crippen LogP contribution in [0.4, 0.5) is 0 Å². The van der Waals surface area contributed by atoms with E-state index in [-0.39, 0.29) is 11.8 Å². The van der Waals surface area contributed by atoms with E-state index in [0.29, 0.717) is 18.7 Å². The normalized spacial score (nSPS) is 16.5. The molecule has 0 saturated heterocycles. The van der Waals surface area contributed by atoms with Gasteiger partial charge in [-0.3, -0.25) is 14.6 Å². The van der Waals surface area contributed by atoms with E-state index in [2.05, 4.69) is 15.3 Å². The van der Waals surface area contributed by atoms with Crippen LogP contribution in [0, 0.1) is 0 Å². The summed E-state index contributed by atoms with van der Waals surface area (Å²) < 4.78 is 1.83. The Labute approximate surface area is 144 Å². The summed E-state index contributed by atoms with van der Waals surface area (Å²) >= 11 is 0. The quantitative estimate of drug-likeness (QED) is 0.767. The average molecular weight is 335 g/mol. The van der Waals surface area contributed by atoms with Crippen LogP contribution < -0.4 is 5.32 Å². The highest BCUT2D eigenvalue weighted by Gasteiger charge is 2.32. The van der Waals surface area contributed by atoms with Crippen molar-refractivity contribution in [1.29, 1.82) is 0 Å². The first-order valence-electron chi connectivity index (χ1n) is 8.04. The fourth-order valence-electron chi connectivity index (χ4n) is 3.21. The minimum Gasteiger partial charge on any atom is -0.357 e. The van der Waals surface area contributed by atoms with Gasteiger partial charge in [-0.05, 0) is 24.3 Å². The molecule has 4 rings (SSSR count). The Bertz CT molecular complexity index is 965. The Morgan fingerprint density at radius 2 is 2.16 bits per heavy atom. The van der Waals surface area contributed by atoms with Gasteiger partial charge in [-0.1, -0.05) is 6.07 Å². The molecule has 0 radical (unpaired) electrons. The highest BCUT2D eigenvalue weighted by molar-refractivity contribution is 5.98. The minimum atomic E-state index is -0.470. The summed E-state index contributed by atoms with van der Waals surface area (Å²) in [4.78, 5) is 35.3. The molecule has 0 unspecified atom stereocenters. The van der Waals surface area contributed by atoms with Crippen molar-refractivity contribution in [2.24, 2.45) is 0 Å². The van der Waals surface area contributed by atoms with Crippen molar-refractivity contribution in [3.63, 3.8) is 0 Å². The zero-order chi connectivity index (χ0) is 17.4. The molecule has 25 heavy (non-hydrogen) atoms. The molecule has 2 aromatic heterocycles. The maximum Gasteiger partial charge on any atom is 0.254 e. The number of likely N-dealkylation sites (N-methyl/N-ethyl adjacent to an activating group) is 1. The number of fused-ring (bicyclic) bond motifs is 2. The number of carbonyl (C=O) groups is 2. The topological polar surface area (TPSA) is 80.1 Å².